The van der Waals surface area contributed by atoms with E-state index in [-0.39, 0.29) is 16.7 Å². The van der Waals surface area contributed by atoms with Gasteiger partial charge in [-0.25, -0.2) is 9.37 Å². The van der Waals surface area contributed by atoms with Gasteiger partial charge in [0.05, 0.1) is 28.2 Å². The lowest BCUT2D eigenvalue weighted by molar-refractivity contribution is -0.138. The average Bonchev–Trinajstić information content (AvgIpc) is 3.39. The van der Waals surface area contributed by atoms with E-state index in [1.807, 2.05) is 10.8 Å². The molecular formula is C32H31BClF7N2. The molecule has 4 rings (SSSR count). The molecule has 0 saturated heterocycles. The summed E-state index contributed by atoms with van der Waals surface area (Å²) in [5, 5.41) is 0.410. The van der Waals surface area contributed by atoms with Gasteiger partial charge in [-0.1, -0.05) is 104 Å². The summed E-state index contributed by atoms with van der Waals surface area (Å²) in [7, 11) is 0. The van der Waals surface area contributed by atoms with E-state index >= 15 is 0 Å². The van der Waals surface area contributed by atoms with Crippen LogP contribution in [0.2, 0.25) is 5.02 Å². The Labute approximate surface area is 252 Å². The van der Waals surface area contributed by atoms with Gasteiger partial charge in [0.1, 0.15) is 5.82 Å². The molecule has 43 heavy (non-hydrogen) atoms. The summed E-state index contributed by atoms with van der Waals surface area (Å²) in [6.45, 7) is 6.75. The zero-order valence-electron chi connectivity index (χ0n) is 23.7. The minimum Gasteiger partial charge on any atom is -0.302 e. The fraction of sp³-hybridized carbons (Fsp3) is 0.281. The molecule has 4 aromatic rings. The summed E-state index contributed by atoms with van der Waals surface area (Å²) in [5.74, 6) is -0.321. The Morgan fingerprint density at radius 2 is 1.44 bits per heavy atom. The fourth-order valence-corrected chi connectivity index (χ4v) is 4.94. The van der Waals surface area contributed by atoms with E-state index in [1.165, 1.54) is 55.7 Å². The molecule has 228 valence electrons. The van der Waals surface area contributed by atoms with Gasteiger partial charge in [-0.15, -0.1) is 12.1 Å². The van der Waals surface area contributed by atoms with Crippen molar-refractivity contribution < 1.29 is 30.7 Å². The number of hydrogen-bond acceptors (Lipinski definition) is 1. The minimum absolute atomic E-state index is 0.247. The van der Waals surface area contributed by atoms with Crippen LogP contribution in [0.15, 0.2) is 91.3 Å². The molecule has 0 aliphatic rings. The van der Waals surface area contributed by atoms with Crippen molar-refractivity contribution >= 4 is 29.2 Å². The third-order valence-electron chi connectivity index (χ3n) is 6.76. The Morgan fingerprint density at radius 3 is 1.93 bits per heavy atom. The summed E-state index contributed by atoms with van der Waals surface area (Å²) in [6.07, 6.45) is 0.339. The topological polar surface area (TPSA) is 17.8 Å². The van der Waals surface area contributed by atoms with Gasteiger partial charge in [0.2, 0.25) is 6.71 Å². The first-order valence-corrected chi connectivity index (χ1v) is 14.1. The summed E-state index contributed by atoms with van der Waals surface area (Å²) in [6, 6.07) is 13.6. The first kappa shape index (κ1) is 34.0. The molecule has 2 nitrogen and oxygen atoms in total. The number of aromatic nitrogens is 2. The third-order valence-corrected chi connectivity index (χ3v) is 7.06. The second-order valence-corrected chi connectivity index (χ2v) is 10.6. The monoisotopic (exact) mass is 622 g/mol. The molecule has 0 fully saturated rings. The van der Waals surface area contributed by atoms with Crippen molar-refractivity contribution in [1.29, 1.82) is 0 Å². The lowest BCUT2D eigenvalue weighted by Gasteiger charge is -2.18. The number of hydrogen-bond donors (Lipinski definition) is 0. The van der Waals surface area contributed by atoms with Crippen molar-refractivity contribution in [3.63, 3.8) is 0 Å². The van der Waals surface area contributed by atoms with Crippen LogP contribution in [0.1, 0.15) is 56.4 Å². The highest BCUT2D eigenvalue weighted by Crippen LogP contribution is 2.30. The second-order valence-electron chi connectivity index (χ2n) is 10.2. The predicted octanol–water partition coefficient (Wildman–Crippen LogP) is 9.24. The predicted molar refractivity (Wildman–Crippen MR) is 159 cm³/mol. The van der Waals surface area contributed by atoms with Gasteiger partial charge in [-0.05, 0) is 31.0 Å². The number of rotatable bonds is 9. The number of nitrogens with zero attached hydrogens (tertiary/aromatic N) is 2. The summed E-state index contributed by atoms with van der Waals surface area (Å²) in [4.78, 5) is 4.17. The molecule has 0 aliphatic carbocycles. The van der Waals surface area contributed by atoms with Crippen LogP contribution < -0.4 is 10.9 Å². The number of aryl methyl sites for hydroxylation is 1. The van der Waals surface area contributed by atoms with Crippen LogP contribution in [0.5, 0.6) is 0 Å². The van der Waals surface area contributed by atoms with Crippen molar-refractivity contribution in [3.05, 3.63) is 119 Å². The lowest BCUT2D eigenvalue weighted by atomic mass is 9.36. The third kappa shape index (κ3) is 9.48. The maximum Gasteiger partial charge on any atom is 0.416 e. The van der Waals surface area contributed by atoms with Gasteiger partial charge in [0, 0.05) is 11.9 Å². The van der Waals surface area contributed by atoms with Crippen LogP contribution in [0.4, 0.5) is 30.7 Å². The van der Waals surface area contributed by atoms with E-state index in [0.717, 1.165) is 48.5 Å². The van der Waals surface area contributed by atoms with Crippen molar-refractivity contribution in [2.75, 3.05) is 0 Å². The normalized spacial score (nSPS) is 11.6. The number of halogens is 8. The van der Waals surface area contributed by atoms with Crippen molar-refractivity contribution in [1.82, 2.24) is 9.55 Å². The van der Waals surface area contributed by atoms with Gasteiger partial charge >= 0.3 is 12.4 Å². The van der Waals surface area contributed by atoms with Crippen LogP contribution in [0.25, 0.3) is 5.69 Å². The molecule has 0 atom stereocenters. The van der Waals surface area contributed by atoms with E-state index in [0.29, 0.717) is 10.5 Å². The van der Waals surface area contributed by atoms with Crippen LogP contribution in [-0.4, -0.2) is 16.3 Å². The van der Waals surface area contributed by atoms with Gasteiger partial charge in [-0.2, -0.15) is 26.3 Å². The summed E-state index contributed by atoms with van der Waals surface area (Å²) >= 11 is 6.09. The lowest BCUT2D eigenvalue weighted by Crippen LogP contribution is -2.44. The molecule has 0 spiro atoms. The van der Waals surface area contributed by atoms with E-state index in [2.05, 4.69) is 18.5 Å². The smallest absolute Gasteiger partial charge is 0.302 e. The Morgan fingerprint density at radius 1 is 0.860 bits per heavy atom. The van der Waals surface area contributed by atoms with E-state index in [1.54, 1.807) is 19.3 Å². The van der Waals surface area contributed by atoms with Gasteiger partial charge in [-0.3, -0.25) is 0 Å². The largest absolute Gasteiger partial charge is 0.416 e. The van der Waals surface area contributed by atoms with Crippen LogP contribution in [0, 0.1) is 5.82 Å². The highest BCUT2D eigenvalue weighted by atomic mass is 35.5. The van der Waals surface area contributed by atoms with E-state index in [9.17, 15) is 30.7 Å². The van der Waals surface area contributed by atoms with E-state index < -0.39 is 30.2 Å². The van der Waals surface area contributed by atoms with Crippen LogP contribution >= 0.6 is 11.6 Å². The minimum atomic E-state index is -4.52. The van der Waals surface area contributed by atoms with Crippen LogP contribution in [0.3, 0.4) is 0 Å². The standard InChI is InChI=1S/C17H13BF6.C15H18ClFN2/c1-11(2)18(14-7-3-5-12(9-14)16(19,20)21)15-8-4-6-13(10-15)17(22,23)24;1-2-3-4-5-6-13-10-18-11-19(13)15-8-7-12(17)9-14(15)16/h3-10H,1H2,2H3;7-11H,2-6H2,1H3. The molecule has 3 aromatic carbocycles. The zero-order chi connectivity index (χ0) is 31.8. The molecule has 0 saturated carbocycles. The number of benzene rings is 3. The first-order valence-electron chi connectivity index (χ1n) is 13.7. The molecule has 0 N–H and O–H groups in total. The van der Waals surface area contributed by atoms with Gasteiger partial charge in [0.15, 0.2) is 0 Å². The van der Waals surface area contributed by atoms with Crippen molar-refractivity contribution in [3.8, 4) is 5.69 Å². The number of allylic oxidation sites excluding steroid dienone is 1. The zero-order valence-corrected chi connectivity index (χ0v) is 24.5. The molecule has 0 aliphatic heterocycles. The Hall–Kier alpha value is -3.53. The fourth-order valence-electron chi connectivity index (χ4n) is 4.68. The Balaban J connectivity index is 0.000000242. The SMILES string of the molecule is C=C(C)B(c1cccc(C(F)(F)F)c1)c1cccc(C(F)(F)F)c1.CCCCCCc1cncn1-c1ccc(F)cc1Cl. The maximum atomic E-state index is 13.1. The Bertz CT molecular complexity index is 1450. The maximum absolute atomic E-state index is 13.1. The molecular weight excluding hydrogens is 592 g/mol. The quantitative estimate of drug-likeness (QED) is 0.103. The number of unbranched alkanes of at least 4 members (excludes halogenated alkanes) is 3. The summed E-state index contributed by atoms with van der Waals surface area (Å²) in [5.41, 5.74) is 1.15. The number of imidazole rings is 1. The first-order chi connectivity index (χ1) is 20.2. The van der Waals surface area contributed by atoms with Crippen LogP contribution in [-0.2, 0) is 18.8 Å². The summed E-state index contributed by atoms with van der Waals surface area (Å²) < 4.78 is 92.3. The van der Waals surface area contributed by atoms with Crippen molar-refractivity contribution in [2.24, 2.45) is 0 Å². The molecule has 0 radical (unpaired) electrons. The van der Waals surface area contributed by atoms with Crippen molar-refractivity contribution in [2.45, 2.75) is 58.3 Å². The second kappa shape index (κ2) is 14.8. The molecule has 0 amide bonds. The molecule has 11 heteroatoms. The van der Waals surface area contributed by atoms with E-state index in [4.69, 9.17) is 11.6 Å². The molecule has 0 bridgehead atoms. The van der Waals surface area contributed by atoms with Gasteiger partial charge in [0.25, 0.3) is 0 Å². The molecule has 1 heterocycles. The highest BCUT2D eigenvalue weighted by Gasteiger charge is 2.34. The average molecular weight is 623 g/mol. The Kier molecular flexibility index (Phi) is 11.7. The molecule has 0 unspecified atom stereocenters. The molecule has 1 aromatic heterocycles. The number of alkyl halides is 6. The van der Waals surface area contributed by atoms with Gasteiger partial charge < -0.3 is 4.57 Å². The highest BCUT2D eigenvalue weighted by molar-refractivity contribution is 6.90.